The summed E-state index contributed by atoms with van der Waals surface area (Å²) in [6.07, 6.45) is 6.28. The van der Waals surface area contributed by atoms with Crippen molar-refractivity contribution in [1.82, 2.24) is 4.90 Å². The quantitative estimate of drug-likeness (QED) is 0.614. The van der Waals surface area contributed by atoms with Crippen LogP contribution in [0, 0.1) is 0 Å². The fraction of sp³-hybridized carbons (Fsp3) is 0.238. The number of benzene rings is 2. The molecule has 0 aliphatic carbocycles. The molecule has 1 unspecified atom stereocenters. The molecular formula is C21H19NO2S2. The van der Waals surface area contributed by atoms with Gasteiger partial charge in [-0.1, -0.05) is 53.9 Å². The Kier molecular flexibility index (Phi) is 4.44. The van der Waals surface area contributed by atoms with Gasteiger partial charge in [0.05, 0.1) is 13.2 Å². The topological polar surface area (TPSA) is 21.7 Å². The van der Waals surface area contributed by atoms with Gasteiger partial charge in [0.25, 0.3) is 0 Å². The second-order valence-electron chi connectivity index (χ2n) is 6.35. The molecular weight excluding hydrogens is 362 g/mol. The van der Waals surface area contributed by atoms with Crippen LogP contribution in [-0.2, 0) is 9.47 Å². The molecule has 1 saturated heterocycles. The Morgan fingerprint density at radius 3 is 2.50 bits per heavy atom. The molecule has 5 rings (SSSR count). The molecule has 0 amide bonds. The number of fused-ring (bicyclic) bond motifs is 2. The summed E-state index contributed by atoms with van der Waals surface area (Å²) in [4.78, 5) is 7.55. The minimum atomic E-state index is -0.0499. The highest BCUT2D eigenvalue weighted by Gasteiger charge is 2.26. The standard InChI is InChI=1S/C21H19NO2S2/c1-2-8-18-17(7-1)25-19-9-3-5-15(21(19)26-18)16-6-4-10-20(24-16)22-11-13-23-14-12-22/h1-10,16H,11-14H2. The Bertz CT molecular complexity index is 887. The molecule has 1 atom stereocenters. The SMILES string of the molecule is C1=CC(c2cccc3c2Sc2ccccc2S3)OC(N2CCOCC2)=C1. The van der Waals surface area contributed by atoms with Gasteiger partial charge in [-0.25, -0.2) is 0 Å². The van der Waals surface area contributed by atoms with Gasteiger partial charge >= 0.3 is 0 Å². The van der Waals surface area contributed by atoms with Crippen molar-refractivity contribution in [3.63, 3.8) is 0 Å². The van der Waals surface area contributed by atoms with Gasteiger partial charge in [0.1, 0.15) is 6.10 Å². The zero-order chi connectivity index (χ0) is 17.3. The Balaban J connectivity index is 1.43. The first kappa shape index (κ1) is 16.4. The van der Waals surface area contributed by atoms with Gasteiger partial charge in [0.15, 0.2) is 5.88 Å². The Hall–Kier alpha value is -1.82. The van der Waals surface area contributed by atoms with E-state index in [9.17, 15) is 0 Å². The van der Waals surface area contributed by atoms with E-state index in [-0.39, 0.29) is 6.10 Å². The monoisotopic (exact) mass is 381 g/mol. The van der Waals surface area contributed by atoms with Gasteiger partial charge in [-0.3, -0.25) is 0 Å². The van der Waals surface area contributed by atoms with E-state index in [1.165, 1.54) is 25.1 Å². The van der Waals surface area contributed by atoms with E-state index in [2.05, 4.69) is 65.6 Å². The summed E-state index contributed by atoms with van der Waals surface area (Å²) in [7, 11) is 0. The first-order valence-electron chi connectivity index (χ1n) is 8.84. The van der Waals surface area contributed by atoms with E-state index in [1.807, 2.05) is 23.5 Å². The molecule has 0 N–H and O–H groups in total. The predicted molar refractivity (Wildman–Crippen MR) is 105 cm³/mol. The minimum absolute atomic E-state index is 0.0499. The van der Waals surface area contributed by atoms with Gasteiger partial charge in [0.2, 0.25) is 0 Å². The summed E-state index contributed by atoms with van der Waals surface area (Å²) in [6.45, 7) is 3.30. The van der Waals surface area contributed by atoms with E-state index < -0.39 is 0 Å². The molecule has 26 heavy (non-hydrogen) atoms. The first-order chi connectivity index (χ1) is 12.9. The van der Waals surface area contributed by atoms with Crippen LogP contribution in [-0.4, -0.2) is 31.2 Å². The molecule has 132 valence electrons. The van der Waals surface area contributed by atoms with Gasteiger partial charge in [0, 0.05) is 38.2 Å². The molecule has 5 heteroatoms. The van der Waals surface area contributed by atoms with Gasteiger partial charge < -0.3 is 14.4 Å². The van der Waals surface area contributed by atoms with Crippen LogP contribution < -0.4 is 0 Å². The van der Waals surface area contributed by atoms with Crippen molar-refractivity contribution in [3.8, 4) is 0 Å². The third-order valence-corrected chi connectivity index (χ3v) is 7.32. The maximum absolute atomic E-state index is 6.39. The van der Waals surface area contributed by atoms with Crippen LogP contribution in [0.1, 0.15) is 11.7 Å². The maximum atomic E-state index is 6.39. The summed E-state index contributed by atoms with van der Waals surface area (Å²) < 4.78 is 11.8. The molecule has 0 aromatic heterocycles. The largest absolute Gasteiger partial charge is 0.467 e. The lowest BCUT2D eigenvalue weighted by atomic mass is 10.1. The molecule has 2 aromatic carbocycles. The van der Waals surface area contributed by atoms with Crippen molar-refractivity contribution in [2.75, 3.05) is 26.3 Å². The zero-order valence-electron chi connectivity index (χ0n) is 14.3. The number of morpholine rings is 1. The lowest BCUT2D eigenvalue weighted by Crippen LogP contribution is -2.37. The molecule has 2 aromatic rings. The van der Waals surface area contributed by atoms with Crippen molar-refractivity contribution in [3.05, 3.63) is 72.1 Å². The molecule has 1 fully saturated rings. The lowest BCUT2D eigenvalue weighted by molar-refractivity contribution is 0.000818. The molecule has 0 radical (unpaired) electrons. The molecule has 3 nitrogen and oxygen atoms in total. The van der Waals surface area contributed by atoms with E-state index >= 15 is 0 Å². The van der Waals surface area contributed by atoms with Crippen molar-refractivity contribution >= 4 is 23.5 Å². The summed E-state index contributed by atoms with van der Waals surface area (Å²) in [5, 5.41) is 0. The number of hydrogen-bond acceptors (Lipinski definition) is 5. The fourth-order valence-corrected chi connectivity index (χ4v) is 5.79. The molecule has 0 spiro atoms. The minimum Gasteiger partial charge on any atom is -0.467 e. The summed E-state index contributed by atoms with van der Waals surface area (Å²) in [5.41, 5.74) is 1.24. The van der Waals surface area contributed by atoms with Gasteiger partial charge in [-0.2, -0.15) is 0 Å². The third kappa shape index (κ3) is 3.04. The van der Waals surface area contributed by atoms with Gasteiger partial charge in [-0.15, -0.1) is 0 Å². The highest BCUT2D eigenvalue weighted by Crippen LogP contribution is 2.51. The number of nitrogens with zero attached hydrogens (tertiary/aromatic N) is 1. The van der Waals surface area contributed by atoms with Crippen LogP contribution in [0.3, 0.4) is 0 Å². The van der Waals surface area contributed by atoms with Crippen molar-refractivity contribution in [2.45, 2.75) is 25.7 Å². The Morgan fingerprint density at radius 1 is 0.885 bits per heavy atom. The molecule has 3 aliphatic heterocycles. The predicted octanol–water partition coefficient (Wildman–Crippen LogP) is 5.10. The molecule has 0 bridgehead atoms. The van der Waals surface area contributed by atoms with Crippen LogP contribution in [0.4, 0.5) is 0 Å². The fourth-order valence-electron chi connectivity index (χ4n) is 3.37. The number of hydrogen-bond donors (Lipinski definition) is 0. The summed E-state index contributed by atoms with van der Waals surface area (Å²) in [5.74, 6) is 0.951. The normalized spacial score (nSPS) is 21.5. The summed E-state index contributed by atoms with van der Waals surface area (Å²) in [6, 6.07) is 15.1. The van der Waals surface area contributed by atoms with E-state index in [0.717, 1.165) is 32.2 Å². The molecule has 3 heterocycles. The smallest absolute Gasteiger partial charge is 0.190 e. The number of ether oxygens (including phenoxy) is 2. The van der Waals surface area contributed by atoms with Crippen LogP contribution in [0.5, 0.6) is 0 Å². The van der Waals surface area contributed by atoms with Gasteiger partial charge in [-0.05, 0) is 30.4 Å². The Labute approximate surface area is 162 Å². The highest BCUT2D eigenvalue weighted by atomic mass is 32.2. The summed E-state index contributed by atoms with van der Waals surface area (Å²) >= 11 is 3.70. The average Bonchev–Trinajstić information content (AvgIpc) is 2.72. The van der Waals surface area contributed by atoms with E-state index in [0.29, 0.717) is 0 Å². The molecule has 0 saturated carbocycles. The number of rotatable bonds is 2. The Morgan fingerprint density at radius 2 is 1.65 bits per heavy atom. The van der Waals surface area contributed by atoms with E-state index in [1.54, 1.807) is 0 Å². The van der Waals surface area contributed by atoms with Crippen LogP contribution in [0.25, 0.3) is 0 Å². The van der Waals surface area contributed by atoms with Crippen molar-refractivity contribution < 1.29 is 9.47 Å². The second kappa shape index (κ2) is 7.06. The number of allylic oxidation sites excluding steroid dienone is 2. The molecule has 3 aliphatic rings. The third-order valence-electron chi connectivity index (χ3n) is 4.69. The lowest BCUT2D eigenvalue weighted by Gasteiger charge is -2.34. The van der Waals surface area contributed by atoms with Crippen molar-refractivity contribution in [2.24, 2.45) is 0 Å². The van der Waals surface area contributed by atoms with Crippen LogP contribution in [0.2, 0.25) is 0 Å². The van der Waals surface area contributed by atoms with E-state index in [4.69, 9.17) is 9.47 Å². The zero-order valence-corrected chi connectivity index (χ0v) is 15.9. The second-order valence-corrected chi connectivity index (χ2v) is 8.49. The highest BCUT2D eigenvalue weighted by molar-refractivity contribution is 8.05. The first-order valence-corrected chi connectivity index (χ1v) is 10.5. The van der Waals surface area contributed by atoms with Crippen molar-refractivity contribution in [1.29, 1.82) is 0 Å². The van der Waals surface area contributed by atoms with Crippen LogP contribution >= 0.6 is 23.5 Å². The average molecular weight is 382 g/mol. The maximum Gasteiger partial charge on any atom is 0.190 e. The van der Waals surface area contributed by atoms with Crippen LogP contribution in [0.15, 0.2) is 86.2 Å².